The topological polar surface area (TPSA) is 87.1 Å². The van der Waals surface area contributed by atoms with Gasteiger partial charge in [0, 0.05) is 17.5 Å². The molecule has 0 spiro atoms. The van der Waals surface area contributed by atoms with Crippen LogP contribution in [0, 0.1) is 11.3 Å². The molecule has 6 heteroatoms. The molecular weight excluding hydrogens is 430 g/mol. The molecule has 2 fully saturated rings. The molecule has 182 valence electrons. The van der Waals surface area contributed by atoms with E-state index in [2.05, 4.69) is 13.8 Å². The molecule has 3 atom stereocenters. The minimum atomic E-state index is -0.965. The predicted molar refractivity (Wildman–Crippen MR) is 131 cm³/mol. The van der Waals surface area contributed by atoms with Crippen LogP contribution in [-0.4, -0.2) is 34.7 Å². The van der Waals surface area contributed by atoms with Crippen molar-refractivity contribution in [3.63, 3.8) is 0 Å². The Morgan fingerprint density at radius 1 is 1.21 bits per heavy atom. The summed E-state index contributed by atoms with van der Waals surface area (Å²) < 4.78 is 5.96. The van der Waals surface area contributed by atoms with Crippen molar-refractivity contribution in [1.29, 1.82) is 0 Å². The van der Waals surface area contributed by atoms with Gasteiger partial charge in [0.05, 0.1) is 30.9 Å². The van der Waals surface area contributed by atoms with Crippen LogP contribution < -0.4 is 4.90 Å². The summed E-state index contributed by atoms with van der Waals surface area (Å²) in [5.41, 5.74) is 2.66. The average molecular weight is 466 g/mol. The lowest BCUT2D eigenvalue weighted by Gasteiger charge is -2.46. The van der Waals surface area contributed by atoms with Crippen molar-refractivity contribution in [2.45, 2.75) is 71.1 Å². The highest BCUT2D eigenvalue weighted by atomic mass is 16.5. The Labute approximate surface area is 201 Å². The normalized spacial score (nSPS) is 22.4. The van der Waals surface area contributed by atoms with Crippen LogP contribution in [0.15, 0.2) is 48.5 Å². The minimum Gasteiger partial charge on any atom is -0.478 e. The Bertz CT molecular complexity index is 1030. The second kappa shape index (κ2) is 10.3. The van der Waals surface area contributed by atoms with Crippen LogP contribution in [0.1, 0.15) is 80.0 Å². The fourth-order valence-corrected chi connectivity index (χ4v) is 5.60. The van der Waals surface area contributed by atoms with Crippen molar-refractivity contribution >= 4 is 17.6 Å². The van der Waals surface area contributed by atoms with E-state index >= 15 is 0 Å². The molecule has 2 aliphatic rings. The molecular formula is C28H35NO5. The first-order valence-electron chi connectivity index (χ1n) is 12.3. The van der Waals surface area contributed by atoms with E-state index in [4.69, 9.17) is 4.74 Å². The smallest absolute Gasteiger partial charge is 0.335 e. The maximum atomic E-state index is 12.9. The second-order valence-corrected chi connectivity index (χ2v) is 10.00. The Morgan fingerprint density at radius 2 is 1.97 bits per heavy atom. The molecule has 0 bridgehead atoms. The van der Waals surface area contributed by atoms with Gasteiger partial charge in [0.25, 0.3) is 0 Å². The summed E-state index contributed by atoms with van der Waals surface area (Å²) in [6.45, 7) is 4.86. The maximum absolute atomic E-state index is 12.9. The Hall–Kier alpha value is -2.70. The van der Waals surface area contributed by atoms with E-state index < -0.39 is 12.1 Å². The Morgan fingerprint density at radius 3 is 2.65 bits per heavy atom. The fraction of sp³-hybridized carbons (Fsp3) is 0.500. The van der Waals surface area contributed by atoms with E-state index in [1.54, 1.807) is 18.2 Å². The number of amides is 1. The largest absolute Gasteiger partial charge is 0.478 e. The van der Waals surface area contributed by atoms with E-state index in [9.17, 15) is 19.8 Å². The number of rotatable bonds is 10. The summed E-state index contributed by atoms with van der Waals surface area (Å²) in [4.78, 5) is 26.0. The SMILES string of the molecule is CCCC1(C(O)c2cccc(N3C(=O)CC(C)C3COCc3cccc(C(=O)O)c3)c2)CCC1. The number of carbonyl (C=O) groups excluding carboxylic acids is 1. The van der Waals surface area contributed by atoms with E-state index in [-0.39, 0.29) is 35.5 Å². The van der Waals surface area contributed by atoms with Crippen LogP contribution in [0.4, 0.5) is 5.69 Å². The van der Waals surface area contributed by atoms with Crippen LogP contribution in [0.2, 0.25) is 0 Å². The molecule has 1 aliphatic heterocycles. The number of aromatic carboxylic acids is 1. The third-order valence-corrected chi connectivity index (χ3v) is 7.63. The number of hydrogen-bond acceptors (Lipinski definition) is 4. The highest BCUT2D eigenvalue weighted by Crippen LogP contribution is 2.53. The monoisotopic (exact) mass is 465 g/mol. The van der Waals surface area contributed by atoms with Crippen molar-refractivity contribution in [3.05, 3.63) is 65.2 Å². The van der Waals surface area contributed by atoms with E-state index in [1.165, 1.54) is 0 Å². The molecule has 1 heterocycles. The van der Waals surface area contributed by atoms with Crippen LogP contribution in [0.5, 0.6) is 0 Å². The van der Waals surface area contributed by atoms with Gasteiger partial charge in [-0.1, -0.05) is 51.0 Å². The van der Waals surface area contributed by atoms with Crippen LogP contribution in [0.3, 0.4) is 0 Å². The van der Waals surface area contributed by atoms with E-state index in [0.29, 0.717) is 13.0 Å². The van der Waals surface area contributed by atoms with Gasteiger partial charge in [-0.05, 0) is 60.6 Å². The molecule has 1 saturated carbocycles. The predicted octanol–water partition coefficient (Wildman–Crippen LogP) is 5.35. The highest BCUT2D eigenvalue weighted by Gasteiger charge is 2.44. The Kier molecular flexibility index (Phi) is 7.39. The number of hydrogen-bond donors (Lipinski definition) is 2. The first kappa shape index (κ1) is 24.4. The molecule has 1 amide bonds. The van der Waals surface area contributed by atoms with Gasteiger partial charge in [-0.25, -0.2) is 4.79 Å². The quantitative estimate of drug-likeness (QED) is 0.494. The number of aliphatic hydroxyl groups is 1. The second-order valence-electron chi connectivity index (χ2n) is 10.00. The zero-order valence-corrected chi connectivity index (χ0v) is 20.1. The summed E-state index contributed by atoms with van der Waals surface area (Å²) in [6.07, 6.45) is 5.25. The molecule has 2 aromatic carbocycles. The molecule has 0 radical (unpaired) electrons. The average Bonchev–Trinajstić information content (AvgIpc) is 3.08. The number of carbonyl (C=O) groups is 2. The van der Waals surface area contributed by atoms with Crippen molar-refractivity contribution in [2.75, 3.05) is 11.5 Å². The lowest BCUT2D eigenvalue weighted by atomic mass is 9.61. The van der Waals surface area contributed by atoms with Gasteiger partial charge >= 0.3 is 5.97 Å². The van der Waals surface area contributed by atoms with Crippen LogP contribution >= 0.6 is 0 Å². The number of nitrogens with zero attached hydrogens (tertiary/aromatic N) is 1. The zero-order valence-electron chi connectivity index (χ0n) is 20.1. The molecule has 6 nitrogen and oxygen atoms in total. The number of carboxylic acids is 1. The third kappa shape index (κ3) is 4.89. The molecule has 2 aromatic rings. The standard InChI is InChI=1S/C28H35NO5/c1-3-11-28(12-6-13-28)26(31)21-8-5-10-23(16-21)29-24(19(2)14-25(29)30)18-34-17-20-7-4-9-22(15-20)27(32)33/h4-5,7-10,15-16,19,24,26,31H,3,6,11-14,17-18H2,1-2H3,(H,32,33). The summed E-state index contributed by atoms with van der Waals surface area (Å²) in [6, 6.07) is 14.4. The lowest BCUT2D eigenvalue weighted by molar-refractivity contribution is -0.117. The van der Waals surface area contributed by atoms with Gasteiger partial charge in [0.1, 0.15) is 0 Å². The number of carboxylic acid groups (broad SMARTS) is 1. The van der Waals surface area contributed by atoms with Crippen molar-refractivity contribution < 1.29 is 24.5 Å². The molecule has 4 rings (SSSR count). The highest BCUT2D eigenvalue weighted by molar-refractivity contribution is 5.96. The van der Waals surface area contributed by atoms with Gasteiger partial charge in [-0.15, -0.1) is 0 Å². The number of anilines is 1. The third-order valence-electron chi connectivity index (χ3n) is 7.63. The maximum Gasteiger partial charge on any atom is 0.335 e. The first-order valence-corrected chi connectivity index (χ1v) is 12.3. The van der Waals surface area contributed by atoms with Gasteiger partial charge < -0.3 is 19.8 Å². The zero-order chi connectivity index (χ0) is 24.3. The van der Waals surface area contributed by atoms with Gasteiger partial charge in [-0.2, -0.15) is 0 Å². The Balaban J connectivity index is 1.48. The van der Waals surface area contributed by atoms with Crippen molar-refractivity contribution in [1.82, 2.24) is 0 Å². The summed E-state index contributed by atoms with van der Waals surface area (Å²) in [5.74, 6) is -0.773. The number of benzene rings is 2. The van der Waals surface area contributed by atoms with Gasteiger partial charge in [-0.3, -0.25) is 4.79 Å². The molecule has 2 N–H and O–H groups in total. The van der Waals surface area contributed by atoms with Gasteiger partial charge in [0.15, 0.2) is 0 Å². The molecule has 0 aromatic heterocycles. The van der Waals surface area contributed by atoms with Crippen molar-refractivity contribution in [2.24, 2.45) is 11.3 Å². The van der Waals surface area contributed by atoms with Crippen LogP contribution in [0.25, 0.3) is 0 Å². The van der Waals surface area contributed by atoms with E-state index in [1.807, 2.05) is 35.2 Å². The summed E-state index contributed by atoms with van der Waals surface area (Å²) >= 11 is 0. The first-order chi connectivity index (χ1) is 16.3. The molecule has 34 heavy (non-hydrogen) atoms. The molecule has 1 saturated heterocycles. The van der Waals surface area contributed by atoms with Crippen molar-refractivity contribution in [3.8, 4) is 0 Å². The molecule has 1 aliphatic carbocycles. The molecule has 3 unspecified atom stereocenters. The number of ether oxygens (including phenoxy) is 1. The number of aliphatic hydroxyl groups excluding tert-OH is 1. The van der Waals surface area contributed by atoms with E-state index in [0.717, 1.165) is 48.9 Å². The fourth-order valence-electron chi connectivity index (χ4n) is 5.60. The minimum absolute atomic E-state index is 0.0390. The summed E-state index contributed by atoms with van der Waals surface area (Å²) in [7, 11) is 0. The lowest BCUT2D eigenvalue weighted by Crippen LogP contribution is -2.39. The summed E-state index contributed by atoms with van der Waals surface area (Å²) in [5, 5.41) is 20.4. The van der Waals surface area contributed by atoms with Gasteiger partial charge in [0.2, 0.25) is 5.91 Å². The van der Waals surface area contributed by atoms with Crippen LogP contribution in [-0.2, 0) is 16.1 Å².